The van der Waals surface area contributed by atoms with Crippen LogP contribution in [0, 0.1) is 11.6 Å². The molecule has 0 amide bonds. The zero-order valence-electron chi connectivity index (χ0n) is 9.74. The average Bonchev–Trinajstić information content (AvgIpc) is 2.58. The van der Waals surface area contributed by atoms with Gasteiger partial charge < -0.3 is 15.6 Å². The fraction of sp³-hybridized carbons (Fsp3) is 0.182. The molecule has 7 heteroatoms. The lowest BCUT2D eigenvalue weighted by molar-refractivity contribution is 0.349. The zero-order chi connectivity index (χ0) is 13.4. The number of aromatic nitrogens is 2. The number of aromatic hydroxyl groups is 1. The Bertz CT molecular complexity index is 591. The van der Waals surface area contributed by atoms with Gasteiger partial charge in [0.1, 0.15) is 17.3 Å². The highest BCUT2D eigenvalue weighted by Gasteiger charge is 2.22. The van der Waals surface area contributed by atoms with Crippen LogP contribution < -0.4 is 10.5 Å². The molecule has 0 aliphatic carbocycles. The van der Waals surface area contributed by atoms with Gasteiger partial charge in [0.25, 0.3) is 0 Å². The summed E-state index contributed by atoms with van der Waals surface area (Å²) in [5.74, 6) is -2.72. The summed E-state index contributed by atoms with van der Waals surface area (Å²) in [6.07, 6.45) is 0. The van der Waals surface area contributed by atoms with Gasteiger partial charge >= 0.3 is 0 Å². The topological polar surface area (TPSA) is 73.3 Å². The summed E-state index contributed by atoms with van der Waals surface area (Å²) >= 11 is 0. The highest BCUT2D eigenvalue weighted by atomic mass is 19.1. The number of methoxy groups -OCH3 is 1. The summed E-state index contributed by atoms with van der Waals surface area (Å²) in [6.45, 7) is 0. The largest absolute Gasteiger partial charge is 0.504 e. The van der Waals surface area contributed by atoms with Gasteiger partial charge in [-0.1, -0.05) is 0 Å². The number of phenolic OH excluding ortho intramolecular Hbond substituents is 1. The van der Waals surface area contributed by atoms with E-state index in [1.165, 1.54) is 17.9 Å². The fourth-order valence-corrected chi connectivity index (χ4v) is 1.63. The van der Waals surface area contributed by atoms with Crippen molar-refractivity contribution in [2.45, 2.75) is 0 Å². The fourth-order valence-electron chi connectivity index (χ4n) is 1.63. The Morgan fingerprint density at radius 2 is 2.00 bits per heavy atom. The lowest BCUT2D eigenvalue weighted by atomic mass is 10.1. The molecule has 18 heavy (non-hydrogen) atoms. The molecule has 0 radical (unpaired) electrons. The lowest BCUT2D eigenvalue weighted by Crippen LogP contribution is -1.97. The van der Waals surface area contributed by atoms with Crippen molar-refractivity contribution in [1.29, 1.82) is 0 Å². The van der Waals surface area contributed by atoms with E-state index in [9.17, 15) is 13.9 Å². The molecule has 5 nitrogen and oxygen atoms in total. The van der Waals surface area contributed by atoms with Crippen molar-refractivity contribution in [2.24, 2.45) is 7.05 Å². The normalized spacial score (nSPS) is 10.7. The SMILES string of the molecule is COc1c(F)cc(F)c(-c2cc(N)n(C)n2)c1O. The van der Waals surface area contributed by atoms with Crippen LogP contribution in [0.4, 0.5) is 14.6 Å². The van der Waals surface area contributed by atoms with Crippen LogP contribution in [0.2, 0.25) is 0 Å². The number of anilines is 1. The monoisotopic (exact) mass is 255 g/mol. The second-order valence-corrected chi connectivity index (χ2v) is 3.68. The highest BCUT2D eigenvalue weighted by molar-refractivity contribution is 5.73. The number of hydrogen-bond donors (Lipinski definition) is 2. The molecule has 0 aliphatic rings. The van der Waals surface area contributed by atoms with Crippen LogP contribution in [0.1, 0.15) is 0 Å². The standard InChI is InChI=1S/C11H11F2N3O2/c1-16-8(14)4-7(15-16)9-5(12)3-6(13)11(18-2)10(9)17/h3-4,17H,14H2,1-2H3. The molecule has 0 bridgehead atoms. The summed E-state index contributed by atoms with van der Waals surface area (Å²) in [7, 11) is 2.74. The predicted molar refractivity (Wildman–Crippen MR) is 61.2 cm³/mol. The van der Waals surface area contributed by atoms with Crippen molar-refractivity contribution in [3.05, 3.63) is 23.8 Å². The van der Waals surface area contributed by atoms with E-state index in [0.29, 0.717) is 6.07 Å². The molecule has 2 aromatic rings. The van der Waals surface area contributed by atoms with Gasteiger partial charge in [0.05, 0.1) is 12.7 Å². The van der Waals surface area contributed by atoms with Crippen LogP contribution in [0.25, 0.3) is 11.3 Å². The zero-order valence-corrected chi connectivity index (χ0v) is 9.74. The maximum Gasteiger partial charge on any atom is 0.197 e. The van der Waals surface area contributed by atoms with Crippen LogP contribution in [0.15, 0.2) is 12.1 Å². The van der Waals surface area contributed by atoms with Gasteiger partial charge in [-0.25, -0.2) is 8.78 Å². The Balaban J connectivity index is 2.71. The van der Waals surface area contributed by atoms with Gasteiger partial charge in [-0.3, -0.25) is 4.68 Å². The van der Waals surface area contributed by atoms with E-state index >= 15 is 0 Å². The van der Waals surface area contributed by atoms with Crippen LogP contribution in [-0.2, 0) is 7.05 Å². The molecule has 3 N–H and O–H groups in total. The number of ether oxygens (including phenoxy) is 1. The molecule has 1 aromatic carbocycles. The van der Waals surface area contributed by atoms with E-state index in [1.54, 1.807) is 7.05 Å². The second-order valence-electron chi connectivity index (χ2n) is 3.68. The molecular formula is C11H11F2N3O2. The Morgan fingerprint density at radius 3 is 2.50 bits per heavy atom. The van der Waals surface area contributed by atoms with Gasteiger partial charge in [-0.15, -0.1) is 0 Å². The Kier molecular flexibility index (Phi) is 2.82. The smallest absolute Gasteiger partial charge is 0.197 e. The van der Waals surface area contributed by atoms with Crippen molar-refractivity contribution in [3.8, 4) is 22.8 Å². The highest BCUT2D eigenvalue weighted by Crippen LogP contribution is 2.40. The molecule has 2 rings (SSSR count). The van der Waals surface area contributed by atoms with E-state index in [1.807, 2.05) is 0 Å². The molecule has 0 atom stereocenters. The number of halogens is 2. The third kappa shape index (κ3) is 1.73. The minimum absolute atomic E-state index is 0.100. The number of hydrogen-bond acceptors (Lipinski definition) is 4. The minimum atomic E-state index is -0.986. The first-order chi connectivity index (χ1) is 8.45. The van der Waals surface area contributed by atoms with Gasteiger partial charge in [0, 0.05) is 19.2 Å². The van der Waals surface area contributed by atoms with E-state index in [-0.39, 0.29) is 17.1 Å². The third-order valence-electron chi connectivity index (χ3n) is 2.54. The van der Waals surface area contributed by atoms with Crippen LogP contribution in [0.3, 0.4) is 0 Å². The summed E-state index contributed by atoms with van der Waals surface area (Å²) in [5.41, 5.74) is 5.42. The van der Waals surface area contributed by atoms with Gasteiger partial charge in [-0.05, 0) is 0 Å². The molecule has 0 fully saturated rings. The molecule has 0 spiro atoms. The Morgan fingerprint density at radius 1 is 1.33 bits per heavy atom. The molecule has 1 heterocycles. The number of nitrogens with zero attached hydrogens (tertiary/aromatic N) is 2. The van der Waals surface area contributed by atoms with Crippen molar-refractivity contribution in [1.82, 2.24) is 9.78 Å². The van der Waals surface area contributed by atoms with Gasteiger partial charge in [0.15, 0.2) is 17.3 Å². The Labute approximate surface area is 101 Å². The van der Waals surface area contributed by atoms with Crippen LogP contribution in [-0.4, -0.2) is 22.0 Å². The first-order valence-electron chi connectivity index (χ1n) is 5.00. The average molecular weight is 255 g/mol. The number of benzene rings is 1. The second kappa shape index (κ2) is 4.17. The van der Waals surface area contributed by atoms with Crippen molar-refractivity contribution in [2.75, 3.05) is 12.8 Å². The molecule has 96 valence electrons. The molecule has 0 unspecified atom stereocenters. The van der Waals surface area contributed by atoms with E-state index < -0.39 is 23.1 Å². The maximum absolute atomic E-state index is 13.7. The molecule has 1 aromatic heterocycles. The van der Waals surface area contributed by atoms with Crippen molar-refractivity contribution in [3.63, 3.8) is 0 Å². The molecule has 0 saturated carbocycles. The Hall–Kier alpha value is -2.31. The van der Waals surface area contributed by atoms with Gasteiger partial charge in [0.2, 0.25) is 0 Å². The van der Waals surface area contributed by atoms with E-state index in [0.717, 1.165) is 0 Å². The summed E-state index contributed by atoms with van der Waals surface area (Å²) < 4.78 is 33.0. The van der Waals surface area contributed by atoms with E-state index in [2.05, 4.69) is 9.84 Å². The van der Waals surface area contributed by atoms with E-state index in [4.69, 9.17) is 5.73 Å². The van der Waals surface area contributed by atoms with Crippen molar-refractivity contribution >= 4 is 5.82 Å². The molecular weight excluding hydrogens is 244 g/mol. The predicted octanol–water partition coefficient (Wildman–Crippen LogP) is 1.66. The first kappa shape index (κ1) is 12.2. The minimum Gasteiger partial charge on any atom is -0.504 e. The van der Waals surface area contributed by atoms with Gasteiger partial charge in [-0.2, -0.15) is 5.10 Å². The summed E-state index contributed by atoms with van der Waals surface area (Å²) in [6, 6.07) is 1.99. The quantitative estimate of drug-likeness (QED) is 0.856. The van der Waals surface area contributed by atoms with Crippen LogP contribution in [0.5, 0.6) is 11.5 Å². The summed E-state index contributed by atoms with van der Waals surface area (Å²) in [5, 5.41) is 13.7. The number of phenols is 1. The van der Waals surface area contributed by atoms with Crippen molar-refractivity contribution < 1.29 is 18.6 Å². The number of nitrogens with two attached hydrogens (primary N) is 1. The third-order valence-corrected chi connectivity index (χ3v) is 2.54. The molecule has 0 aliphatic heterocycles. The first-order valence-corrected chi connectivity index (χ1v) is 5.00. The maximum atomic E-state index is 13.7. The number of rotatable bonds is 2. The molecule has 0 saturated heterocycles. The number of nitrogen functional groups attached to an aromatic ring is 1. The summed E-state index contributed by atoms with van der Waals surface area (Å²) in [4.78, 5) is 0. The lowest BCUT2D eigenvalue weighted by Gasteiger charge is -2.09. The number of aryl methyl sites for hydroxylation is 1. The van der Waals surface area contributed by atoms with Crippen LogP contribution >= 0.6 is 0 Å².